The van der Waals surface area contributed by atoms with Gasteiger partial charge in [-0.05, 0) is 55.6 Å². The first-order valence-electron chi connectivity index (χ1n) is 7.87. The second-order valence-corrected chi connectivity index (χ2v) is 6.33. The number of likely N-dealkylation sites (tertiary alicyclic amines) is 1. The quantitative estimate of drug-likeness (QED) is 0.852. The van der Waals surface area contributed by atoms with Crippen LogP contribution in [0.2, 0.25) is 0 Å². The van der Waals surface area contributed by atoms with Crippen molar-refractivity contribution in [3.8, 4) is 0 Å². The van der Waals surface area contributed by atoms with Gasteiger partial charge in [0.15, 0.2) is 0 Å². The molecule has 0 radical (unpaired) electrons. The maximum atomic E-state index is 5.87. The summed E-state index contributed by atoms with van der Waals surface area (Å²) in [6.45, 7) is 3.10. The molecule has 0 aliphatic carbocycles. The van der Waals surface area contributed by atoms with Gasteiger partial charge in [-0.2, -0.15) is 0 Å². The Morgan fingerprint density at radius 2 is 2.24 bits per heavy atom. The fourth-order valence-corrected chi connectivity index (χ4v) is 3.65. The lowest BCUT2D eigenvalue weighted by molar-refractivity contribution is 0.0678. The van der Waals surface area contributed by atoms with Crippen LogP contribution in [0.3, 0.4) is 0 Å². The van der Waals surface area contributed by atoms with Crippen molar-refractivity contribution in [1.82, 2.24) is 9.88 Å². The minimum absolute atomic E-state index is 0.216. The van der Waals surface area contributed by atoms with Gasteiger partial charge in [0.05, 0.1) is 12.7 Å². The van der Waals surface area contributed by atoms with Crippen molar-refractivity contribution in [2.45, 2.75) is 24.9 Å². The molecule has 2 aliphatic heterocycles. The molecule has 1 aromatic carbocycles. The molecule has 2 aromatic rings. The highest BCUT2D eigenvalue weighted by Gasteiger charge is 2.24. The summed E-state index contributed by atoms with van der Waals surface area (Å²) in [5.41, 5.74) is 4.02. The standard InChI is InChI=1S/C18H22N2O/c1-20-8-7-14(12-20)16-11-19-17-6-5-13(10-15(16)17)18-4-2-3-9-21-18/h2-3,5-6,10-11,14,18-19H,4,7-9,12H2,1H3. The topological polar surface area (TPSA) is 28.3 Å². The molecule has 4 rings (SSSR count). The molecule has 0 saturated carbocycles. The van der Waals surface area contributed by atoms with Crippen LogP contribution in [0, 0.1) is 0 Å². The number of rotatable bonds is 2. The van der Waals surface area contributed by atoms with Crippen molar-refractivity contribution in [1.29, 1.82) is 0 Å². The first kappa shape index (κ1) is 13.1. The molecular formula is C18H22N2O. The Labute approximate surface area is 125 Å². The van der Waals surface area contributed by atoms with E-state index in [0.717, 1.165) is 13.0 Å². The Hall–Kier alpha value is -1.58. The van der Waals surface area contributed by atoms with E-state index in [9.17, 15) is 0 Å². The van der Waals surface area contributed by atoms with Crippen LogP contribution >= 0.6 is 0 Å². The molecule has 1 aromatic heterocycles. The van der Waals surface area contributed by atoms with Gasteiger partial charge in [0.1, 0.15) is 0 Å². The van der Waals surface area contributed by atoms with Gasteiger partial charge >= 0.3 is 0 Å². The maximum Gasteiger partial charge on any atom is 0.0863 e. The molecule has 3 nitrogen and oxygen atoms in total. The third-order valence-electron chi connectivity index (χ3n) is 4.85. The number of hydrogen-bond acceptors (Lipinski definition) is 2. The van der Waals surface area contributed by atoms with E-state index in [-0.39, 0.29) is 6.10 Å². The van der Waals surface area contributed by atoms with E-state index in [4.69, 9.17) is 4.74 Å². The van der Waals surface area contributed by atoms with Crippen molar-refractivity contribution < 1.29 is 4.74 Å². The Balaban J connectivity index is 1.70. The smallest absolute Gasteiger partial charge is 0.0863 e. The largest absolute Gasteiger partial charge is 0.369 e. The zero-order chi connectivity index (χ0) is 14.2. The molecule has 1 saturated heterocycles. The number of nitrogens with one attached hydrogen (secondary N) is 1. The predicted octanol–water partition coefficient (Wildman–Crippen LogP) is 3.60. The summed E-state index contributed by atoms with van der Waals surface area (Å²) < 4.78 is 5.87. The van der Waals surface area contributed by atoms with E-state index in [0.29, 0.717) is 5.92 Å². The van der Waals surface area contributed by atoms with Crippen molar-refractivity contribution in [3.63, 3.8) is 0 Å². The van der Waals surface area contributed by atoms with Gasteiger partial charge in [0, 0.05) is 23.6 Å². The van der Waals surface area contributed by atoms with Crippen LogP contribution in [-0.2, 0) is 4.74 Å². The summed E-state index contributed by atoms with van der Waals surface area (Å²) in [6.07, 6.45) is 9.00. The van der Waals surface area contributed by atoms with Gasteiger partial charge in [0.2, 0.25) is 0 Å². The van der Waals surface area contributed by atoms with Gasteiger partial charge in [-0.1, -0.05) is 18.2 Å². The van der Waals surface area contributed by atoms with Gasteiger partial charge in [-0.25, -0.2) is 0 Å². The third-order valence-corrected chi connectivity index (χ3v) is 4.85. The van der Waals surface area contributed by atoms with Crippen molar-refractivity contribution in [3.05, 3.63) is 47.7 Å². The lowest BCUT2D eigenvalue weighted by atomic mass is 9.95. The molecule has 21 heavy (non-hydrogen) atoms. The first-order valence-corrected chi connectivity index (χ1v) is 7.87. The van der Waals surface area contributed by atoms with Gasteiger partial charge < -0.3 is 14.6 Å². The SMILES string of the molecule is CN1CCC(c2c[nH]c3ccc(C4CC=CCO4)cc23)C1. The van der Waals surface area contributed by atoms with Gasteiger partial charge in [-0.3, -0.25) is 0 Å². The van der Waals surface area contributed by atoms with Crippen LogP contribution in [0.15, 0.2) is 36.5 Å². The number of benzene rings is 1. The van der Waals surface area contributed by atoms with Crippen LogP contribution < -0.4 is 0 Å². The molecule has 1 fully saturated rings. The predicted molar refractivity (Wildman–Crippen MR) is 85.6 cm³/mol. The minimum atomic E-state index is 0.216. The highest BCUT2D eigenvalue weighted by Crippen LogP contribution is 2.34. The molecule has 110 valence electrons. The average molecular weight is 282 g/mol. The minimum Gasteiger partial charge on any atom is -0.369 e. The highest BCUT2D eigenvalue weighted by molar-refractivity contribution is 5.84. The highest BCUT2D eigenvalue weighted by atomic mass is 16.5. The molecule has 0 bridgehead atoms. The maximum absolute atomic E-state index is 5.87. The number of aromatic nitrogens is 1. The molecule has 2 unspecified atom stereocenters. The molecular weight excluding hydrogens is 260 g/mol. The van der Waals surface area contributed by atoms with Crippen LogP contribution in [0.25, 0.3) is 10.9 Å². The Morgan fingerprint density at radius 3 is 3.00 bits per heavy atom. The zero-order valence-corrected chi connectivity index (χ0v) is 12.5. The van der Waals surface area contributed by atoms with Crippen LogP contribution in [0.1, 0.15) is 36.0 Å². The van der Waals surface area contributed by atoms with E-state index < -0.39 is 0 Å². The Bertz CT molecular complexity index is 673. The first-order chi connectivity index (χ1) is 10.3. The zero-order valence-electron chi connectivity index (χ0n) is 12.5. The normalized spacial score (nSPS) is 26.7. The summed E-state index contributed by atoms with van der Waals surface area (Å²) in [6, 6.07) is 6.74. The van der Waals surface area contributed by atoms with Crippen molar-refractivity contribution in [2.24, 2.45) is 0 Å². The van der Waals surface area contributed by atoms with Gasteiger partial charge in [-0.15, -0.1) is 0 Å². The van der Waals surface area contributed by atoms with E-state index >= 15 is 0 Å². The van der Waals surface area contributed by atoms with E-state index in [2.05, 4.69) is 53.5 Å². The second kappa shape index (κ2) is 5.32. The Kier molecular flexibility index (Phi) is 3.32. The lowest BCUT2D eigenvalue weighted by Crippen LogP contribution is -2.13. The molecule has 2 aliphatic rings. The van der Waals surface area contributed by atoms with Crippen LogP contribution in [0.4, 0.5) is 0 Å². The summed E-state index contributed by atoms with van der Waals surface area (Å²) in [7, 11) is 2.21. The number of H-pyrrole nitrogens is 1. The molecule has 0 spiro atoms. The molecule has 1 N–H and O–H groups in total. The molecule has 3 heteroatoms. The average Bonchev–Trinajstić information content (AvgIpc) is 3.13. The number of fused-ring (bicyclic) bond motifs is 1. The fourth-order valence-electron chi connectivity index (χ4n) is 3.65. The third kappa shape index (κ3) is 2.41. The van der Waals surface area contributed by atoms with E-state index in [1.54, 1.807) is 0 Å². The molecule has 2 atom stereocenters. The van der Waals surface area contributed by atoms with Crippen LogP contribution in [0.5, 0.6) is 0 Å². The number of hydrogen-bond donors (Lipinski definition) is 1. The number of ether oxygens (including phenoxy) is 1. The number of likely N-dealkylation sites (N-methyl/N-ethyl adjacent to an activating group) is 1. The summed E-state index contributed by atoms with van der Waals surface area (Å²) in [5, 5.41) is 1.38. The monoisotopic (exact) mass is 282 g/mol. The van der Waals surface area contributed by atoms with Crippen molar-refractivity contribution >= 4 is 10.9 Å². The summed E-state index contributed by atoms with van der Waals surface area (Å²) >= 11 is 0. The fraction of sp³-hybridized carbons (Fsp3) is 0.444. The van der Waals surface area contributed by atoms with E-state index in [1.807, 2.05) is 0 Å². The lowest BCUT2D eigenvalue weighted by Gasteiger charge is -2.19. The molecule has 3 heterocycles. The Morgan fingerprint density at radius 1 is 1.29 bits per heavy atom. The number of aromatic amines is 1. The summed E-state index contributed by atoms with van der Waals surface area (Å²) in [5.74, 6) is 0.658. The van der Waals surface area contributed by atoms with Crippen molar-refractivity contribution in [2.75, 3.05) is 26.7 Å². The van der Waals surface area contributed by atoms with E-state index in [1.165, 1.54) is 41.5 Å². The van der Waals surface area contributed by atoms with Gasteiger partial charge in [0.25, 0.3) is 0 Å². The summed E-state index contributed by atoms with van der Waals surface area (Å²) in [4.78, 5) is 5.86. The second-order valence-electron chi connectivity index (χ2n) is 6.33. The number of nitrogens with zero attached hydrogens (tertiary/aromatic N) is 1. The van der Waals surface area contributed by atoms with Crippen LogP contribution in [-0.4, -0.2) is 36.6 Å². The molecule has 0 amide bonds.